The van der Waals surface area contributed by atoms with Gasteiger partial charge in [0.25, 0.3) is 0 Å². The molecule has 0 bridgehead atoms. The molecule has 1 aliphatic carbocycles. The Bertz CT molecular complexity index is 481. The maximum atomic E-state index is 11.9. The number of carbonyl (C=O) groups excluding carboxylic acids is 1. The van der Waals surface area contributed by atoms with Crippen LogP contribution in [0.4, 0.5) is 5.69 Å². The molecule has 5 heteroatoms. The summed E-state index contributed by atoms with van der Waals surface area (Å²) in [5.41, 5.74) is 0.611. The van der Waals surface area contributed by atoms with E-state index in [9.17, 15) is 4.79 Å². The zero-order valence-corrected chi connectivity index (χ0v) is 13.8. The van der Waals surface area contributed by atoms with Gasteiger partial charge in [-0.15, -0.1) is 0 Å². The average Bonchev–Trinajstić information content (AvgIpc) is 2.41. The molecule has 0 radical (unpaired) electrons. The van der Waals surface area contributed by atoms with Crippen LogP contribution in [0.15, 0.2) is 22.7 Å². The van der Waals surface area contributed by atoms with Crippen LogP contribution in [0.1, 0.15) is 32.6 Å². The van der Waals surface area contributed by atoms with Crippen molar-refractivity contribution in [2.24, 2.45) is 5.92 Å². The van der Waals surface area contributed by atoms with Crippen LogP contribution < -0.4 is 5.32 Å². The molecule has 1 aromatic carbocycles. The van der Waals surface area contributed by atoms with Gasteiger partial charge in [-0.1, -0.05) is 47.3 Å². The van der Waals surface area contributed by atoms with Gasteiger partial charge >= 0.3 is 0 Å². The lowest BCUT2D eigenvalue weighted by Gasteiger charge is -2.28. The molecule has 0 saturated heterocycles. The third-order valence-corrected chi connectivity index (χ3v) is 4.47. The van der Waals surface area contributed by atoms with Gasteiger partial charge < -0.3 is 10.1 Å². The molecule has 1 saturated carbocycles. The van der Waals surface area contributed by atoms with Crippen molar-refractivity contribution in [1.29, 1.82) is 0 Å². The van der Waals surface area contributed by atoms with Crippen molar-refractivity contribution in [3.63, 3.8) is 0 Å². The van der Waals surface area contributed by atoms with Crippen molar-refractivity contribution in [3.05, 3.63) is 27.7 Å². The van der Waals surface area contributed by atoms with Gasteiger partial charge in [-0.25, -0.2) is 0 Å². The number of nitrogens with one attached hydrogen (secondary N) is 1. The van der Waals surface area contributed by atoms with Gasteiger partial charge in [0.1, 0.15) is 6.61 Å². The summed E-state index contributed by atoms with van der Waals surface area (Å²) in [5, 5.41) is 3.29. The van der Waals surface area contributed by atoms with E-state index in [4.69, 9.17) is 16.3 Å². The van der Waals surface area contributed by atoms with Crippen LogP contribution in [-0.2, 0) is 9.53 Å². The Balaban J connectivity index is 1.83. The highest BCUT2D eigenvalue weighted by atomic mass is 79.9. The first kappa shape index (κ1) is 15.8. The van der Waals surface area contributed by atoms with Gasteiger partial charge in [0.2, 0.25) is 5.91 Å². The number of benzene rings is 1. The molecule has 2 rings (SSSR count). The number of carbonyl (C=O) groups is 1. The van der Waals surface area contributed by atoms with Crippen LogP contribution >= 0.6 is 27.5 Å². The highest BCUT2D eigenvalue weighted by molar-refractivity contribution is 9.10. The fourth-order valence-corrected chi connectivity index (χ4v) is 3.21. The molecule has 1 aliphatic rings. The van der Waals surface area contributed by atoms with Crippen LogP contribution in [0.25, 0.3) is 0 Å². The normalized spacial score (nSPS) is 22.6. The maximum absolute atomic E-state index is 11.9. The molecule has 0 aromatic heterocycles. The number of hydrogen-bond donors (Lipinski definition) is 1. The Hall–Kier alpha value is -0.580. The van der Waals surface area contributed by atoms with Crippen LogP contribution in [0.2, 0.25) is 5.02 Å². The third-order valence-electron chi connectivity index (χ3n) is 3.67. The maximum Gasteiger partial charge on any atom is 0.250 e. The summed E-state index contributed by atoms with van der Waals surface area (Å²) in [4.78, 5) is 11.9. The average molecular weight is 361 g/mol. The zero-order valence-electron chi connectivity index (χ0n) is 11.5. The number of ether oxygens (including phenoxy) is 1. The fraction of sp³-hybridized carbons (Fsp3) is 0.533. The van der Waals surface area contributed by atoms with Crippen molar-refractivity contribution < 1.29 is 9.53 Å². The lowest BCUT2D eigenvalue weighted by atomic mass is 9.88. The second-order valence-corrected chi connectivity index (χ2v) is 6.61. The molecule has 0 heterocycles. The van der Waals surface area contributed by atoms with E-state index in [0.717, 1.165) is 10.9 Å². The highest BCUT2D eigenvalue weighted by Crippen LogP contribution is 2.27. The molecule has 3 nitrogen and oxygen atoms in total. The lowest BCUT2D eigenvalue weighted by molar-refractivity contribution is -0.124. The number of amides is 1. The first-order valence-corrected chi connectivity index (χ1v) is 8.10. The summed E-state index contributed by atoms with van der Waals surface area (Å²) >= 11 is 9.39. The van der Waals surface area contributed by atoms with Gasteiger partial charge in [-0.05, 0) is 37.0 Å². The van der Waals surface area contributed by atoms with Crippen molar-refractivity contribution in [2.75, 3.05) is 11.9 Å². The first-order valence-electron chi connectivity index (χ1n) is 6.93. The minimum Gasteiger partial charge on any atom is -0.368 e. The van der Waals surface area contributed by atoms with Gasteiger partial charge in [0.05, 0.1) is 16.8 Å². The van der Waals surface area contributed by atoms with Gasteiger partial charge in [-0.3, -0.25) is 4.79 Å². The largest absolute Gasteiger partial charge is 0.368 e. The van der Waals surface area contributed by atoms with Gasteiger partial charge in [0, 0.05) is 4.47 Å². The van der Waals surface area contributed by atoms with Crippen LogP contribution in [0.3, 0.4) is 0 Å². The highest BCUT2D eigenvalue weighted by Gasteiger charge is 2.22. The second-order valence-electron chi connectivity index (χ2n) is 5.28. The molecule has 1 fully saturated rings. The Kier molecular flexibility index (Phi) is 5.87. The second kappa shape index (κ2) is 7.43. The van der Waals surface area contributed by atoms with Crippen molar-refractivity contribution in [2.45, 2.75) is 38.7 Å². The van der Waals surface area contributed by atoms with E-state index >= 15 is 0 Å². The van der Waals surface area contributed by atoms with E-state index in [0.29, 0.717) is 16.6 Å². The molecule has 0 spiro atoms. The minimum atomic E-state index is -0.160. The summed E-state index contributed by atoms with van der Waals surface area (Å²) < 4.78 is 6.61. The number of halogens is 2. The molecular weight excluding hydrogens is 342 g/mol. The molecular formula is C15H19BrClNO2. The molecule has 0 aliphatic heterocycles. The number of anilines is 1. The van der Waals surface area contributed by atoms with Crippen LogP contribution in [-0.4, -0.2) is 18.6 Å². The SMILES string of the molecule is C[C@H]1CCCC[C@H]1OCC(=O)Nc1ccc(Br)cc1Cl. The Morgan fingerprint density at radius 2 is 2.20 bits per heavy atom. The summed E-state index contributed by atoms with van der Waals surface area (Å²) in [6.07, 6.45) is 4.89. The van der Waals surface area contributed by atoms with Crippen LogP contribution in [0.5, 0.6) is 0 Å². The van der Waals surface area contributed by atoms with E-state index in [-0.39, 0.29) is 18.6 Å². The van der Waals surface area contributed by atoms with Gasteiger partial charge in [-0.2, -0.15) is 0 Å². The summed E-state index contributed by atoms with van der Waals surface area (Å²) in [6.45, 7) is 2.27. The van der Waals surface area contributed by atoms with E-state index in [1.807, 2.05) is 6.07 Å². The van der Waals surface area contributed by atoms with E-state index in [1.54, 1.807) is 12.1 Å². The van der Waals surface area contributed by atoms with Crippen molar-refractivity contribution in [1.82, 2.24) is 0 Å². The van der Waals surface area contributed by atoms with Crippen molar-refractivity contribution in [3.8, 4) is 0 Å². The lowest BCUT2D eigenvalue weighted by Crippen LogP contribution is -2.29. The Morgan fingerprint density at radius 1 is 1.45 bits per heavy atom. The molecule has 1 aromatic rings. The monoisotopic (exact) mass is 359 g/mol. The Labute approximate surface area is 133 Å². The summed E-state index contributed by atoms with van der Waals surface area (Å²) in [6, 6.07) is 5.36. The van der Waals surface area contributed by atoms with Crippen LogP contribution in [0, 0.1) is 5.92 Å². The minimum absolute atomic E-state index is 0.0847. The number of rotatable bonds is 4. The molecule has 20 heavy (non-hydrogen) atoms. The molecule has 110 valence electrons. The summed E-state index contributed by atoms with van der Waals surface area (Å²) in [5.74, 6) is 0.375. The summed E-state index contributed by atoms with van der Waals surface area (Å²) in [7, 11) is 0. The Morgan fingerprint density at radius 3 is 2.90 bits per heavy atom. The molecule has 1 N–H and O–H groups in total. The quantitative estimate of drug-likeness (QED) is 0.849. The predicted molar refractivity (Wildman–Crippen MR) is 85.2 cm³/mol. The zero-order chi connectivity index (χ0) is 14.5. The molecule has 0 unspecified atom stereocenters. The third kappa shape index (κ3) is 4.47. The van der Waals surface area contributed by atoms with E-state index < -0.39 is 0 Å². The van der Waals surface area contributed by atoms with E-state index in [1.165, 1.54) is 19.3 Å². The fourth-order valence-electron chi connectivity index (χ4n) is 2.49. The topological polar surface area (TPSA) is 38.3 Å². The predicted octanol–water partition coefficient (Wildman–Crippen LogP) is 4.64. The standard InChI is InChI=1S/C15H19BrClNO2/c1-10-4-2-3-5-14(10)20-9-15(19)18-13-7-6-11(16)8-12(13)17/h6-8,10,14H,2-5,9H2,1H3,(H,18,19)/t10-,14+/m0/s1. The van der Waals surface area contributed by atoms with Gasteiger partial charge in [0.15, 0.2) is 0 Å². The molecule has 2 atom stereocenters. The van der Waals surface area contributed by atoms with E-state index in [2.05, 4.69) is 28.2 Å². The molecule has 1 amide bonds. The first-order chi connectivity index (χ1) is 9.56. The number of hydrogen-bond acceptors (Lipinski definition) is 2. The smallest absolute Gasteiger partial charge is 0.250 e. The van der Waals surface area contributed by atoms with Crippen molar-refractivity contribution >= 4 is 39.1 Å².